The van der Waals surface area contributed by atoms with Gasteiger partial charge < -0.3 is 14.6 Å². The number of aliphatic carboxylic acids is 1. The molecule has 1 heterocycles. The maximum atomic E-state index is 13.2. The van der Waals surface area contributed by atoms with Crippen LogP contribution in [-0.4, -0.2) is 30.1 Å². The highest BCUT2D eigenvalue weighted by Gasteiger charge is 2.64. The minimum Gasteiger partial charge on any atom is -0.478 e. The van der Waals surface area contributed by atoms with Crippen LogP contribution in [-0.2, 0) is 9.53 Å². The van der Waals surface area contributed by atoms with Crippen molar-refractivity contribution in [2.24, 2.45) is 0 Å². The quantitative estimate of drug-likeness (QED) is 0.909. The number of rotatable bonds is 2. The highest BCUT2D eigenvalue weighted by atomic mass is 19.4. The summed E-state index contributed by atoms with van der Waals surface area (Å²) in [4.78, 5) is 11.1. The molecule has 1 atom stereocenters. The van der Waals surface area contributed by atoms with Gasteiger partial charge in [-0.3, -0.25) is 0 Å². The Labute approximate surface area is 112 Å². The molecule has 20 heavy (non-hydrogen) atoms. The SMILES string of the molecule is COC1(C(F)(F)F)Oc2ccc(C)cc2C=C1C(=O)O. The molecule has 1 unspecified atom stereocenters. The smallest absolute Gasteiger partial charge is 0.460 e. The van der Waals surface area contributed by atoms with Crippen molar-refractivity contribution in [2.45, 2.75) is 18.9 Å². The third-order valence-corrected chi connectivity index (χ3v) is 2.96. The van der Waals surface area contributed by atoms with Gasteiger partial charge >= 0.3 is 17.9 Å². The fraction of sp³-hybridized carbons (Fsp3) is 0.308. The van der Waals surface area contributed by atoms with Crippen molar-refractivity contribution >= 4 is 12.0 Å². The lowest BCUT2D eigenvalue weighted by Crippen LogP contribution is -2.56. The van der Waals surface area contributed by atoms with E-state index in [2.05, 4.69) is 4.74 Å². The largest absolute Gasteiger partial charge is 0.478 e. The van der Waals surface area contributed by atoms with Crippen LogP contribution in [0.2, 0.25) is 0 Å². The van der Waals surface area contributed by atoms with E-state index in [4.69, 9.17) is 9.84 Å². The van der Waals surface area contributed by atoms with Crippen molar-refractivity contribution in [3.8, 4) is 5.75 Å². The third-order valence-electron chi connectivity index (χ3n) is 2.96. The van der Waals surface area contributed by atoms with Crippen LogP contribution in [0, 0.1) is 6.92 Å². The molecular formula is C13H11F3O4. The van der Waals surface area contributed by atoms with Crippen LogP contribution in [0.1, 0.15) is 11.1 Å². The molecule has 1 N–H and O–H groups in total. The molecule has 4 nitrogen and oxygen atoms in total. The Hall–Kier alpha value is -2.02. The Morgan fingerprint density at radius 1 is 1.40 bits per heavy atom. The Morgan fingerprint density at radius 3 is 2.55 bits per heavy atom. The van der Waals surface area contributed by atoms with E-state index < -0.39 is 23.5 Å². The van der Waals surface area contributed by atoms with E-state index >= 15 is 0 Å². The number of aryl methyl sites for hydroxylation is 1. The summed E-state index contributed by atoms with van der Waals surface area (Å²) in [6.07, 6.45) is -4.11. The van der Waals surface area contributed by atoms with Gasteiger partial charge in [0.1, 0.15) is 11.3 Å². The lowest BCUT2D eigenvalue weighted by atomic mass is 9.97. The first-order valence-corrected chi connectivity index (χ1v) is 5.58. The monoisotopic (exact) mass is 288 g/mol. The normalized spacial score (nSPS) is 21.8. The molecule has 0 bridgehead atoms. The molecule has 0 aromatic heterocycles. The molecule has 0 radical (unpaired) electrons. The van der Waals surface area contributed by atoms with Crippen molar-refractivity contribution in [1.82, 2.24) is 0 Å². The highest BCUT2D eigenvalue weighted by Crippen LogP contribution is 2.45. The Morgan fingerprint density at radius 2 is 2.05 bits per heavy atom. The van der Waals surface area contributed by atoms with Crippen LogP contribution < -0.4 is 4.74 Å². The molecule has 0 aliphatic carbocycles. The Bertz CT molecular complexity index is 592. The number of hydrogen-bond donors (Lipinski definition) is 1. The second-order valence-corrected chi connectivity index (χ2v) is 4.32. The maximum absolute atomic E-state index is 13.2. The molecular weight excluding hydrogens is 277 g/mol. The minimum atomic E-state index is -5.03. The van der Waals surface area contributed by atoms with Gasteiger partial charge in [0, 0.05) is 12.7 Å². The number of hydrogen-bond acceptors (Lipinski definition) is 3. The van der Waals surface area contributed by atoms with Crippen molar-refractivity contribution in [1.29, 1.82) is 0 Å². The van der Waals surface area contributed by atoms with Crippen LogP contribution in [0.4, 0.5) is 13.2 Å². The Kier molecular flexibility index (Phi) is 3.25. The van der Waals surface area contributed by atoms with Gasteiger partial charge in [-0.25, -0.2) is 4.79 Å². The van der Waals surface area contributed by atoms with Crippen molar-refractivity contribution in [3.05, 3.63) is 34.9 Å². The van der Waals surface area contributed by atoms with Gasteiger partial charge in [0.15, 0.2) is 0 Å². The number of carboxylic acids is 1. The molecule has 7 heteroatoms. The average molecular weight is 288 g/mol. The van der Waals surface area contributed by atoms with Crippen LogP contribution in [0.25, 0.3) is 6.08 Å². The molecule has 0 amide bonds. The van der Waals surface area contributed by atoms with Gasteiger partial charge in [0.25, 0.3) is 0 Å². The summed E-state index contributed by atoms with van der Waals surface area (Å²) in [6.45, 7) is 1.73. The van der Waals surface area contributed by atoms with Gasteiger partial charge in [-0.2, -0.15) is 13.2 Å². The van der Waals surface area contributed by atoms with Crippen LogP contribution in [0.15, 0.2) is 23.8 Å². The second kappa shape index (κ2) is 4.52. The summed E-state index contributed by atoms with van der Waals surface area (Å²) in [7, 11) is 0.753. The van der Waals surface area contributed by atoms with Gasteiger partial charge in [0.2, 0.25) is 0 Å². The molecule has 1 aromatic rings. The van der Waals surface area contributed by atoms with E-state index in [9.17, 15) is 18.0 Å². The van der Waals surface area contributed by atoms with Gasteiger partial charge in [-0.05, 0) is 25.1 Å². The Balaban J connectivity index is 2.69. The van der Waals surface area contributed by atoms with Gasteiger partial charge in [0.05, 0.1) is 0 Å². The number of fused-ring (bicyclic) bond motifs is 1. The van der Waals surface area contributed by atoms with Crippen molar-refractivity contribution in [2.75, 3.05) is 7.11 Å². The van der Waals surface area contributed by atoms with E-state index in [0.717, 1.165) is 18.7 Å². The van der Waals surface area contributed by atoms with Crippen LogP contribution >= 0.6 is 0 Å². The van der Waals surface area contributed by atoms with Crippen molar-refractivity contribution in [3.63, 3.8) is 0 Å². The first-order valence-electron chi connectivity index (χ1n) is 5.58. The zero-order chi connectivity index (χ0) is 15.1. The zero-order valence-corrected chi connectivity index (χ0v) is 10.6. The molecule has 0 saturated heterocycles. The maximum Gasteiger partial charge on any atom is 0.460 e. The van der Waals surface area contributed by atoms with E-state index in [1.54, 1.807) is 13.0 Å². The number of alkyl halides is 3. The van der Waals surface area contributed by atoms with Crippen LogP contribution in [0.3, 0.4) is 0 Å². The predicted octanol–water partition coefficient (Wildman–Crippen LogP) is 2.76. The van der Waals surface area contributed by atoms with E-state index in [-0.39, 0.29) is 11.3 Å². The number of carboxylic acid groups (broad SMARTS) is 1. The number of ether oxygens (including phenoxy) is 2. The minimum absolute atomic E-state index is 0.0835. The van der Waals surface area contributed by atoms with Crippen LogP contribution in [0.5, 0.6) is 5.75 Å². The number of methoxy groups -OCH3 is 1. The lowest BCUT2D eigenvalue weighted by Gasteiger charge is -2.37. The molecule has 1 aliphatic heterocycles. The summed E-state index contributed by atoms with van der Waals surface area (Å²) in [5, 5.41) is 9.03. The van der Waals surface area contributed by atoms with Gasteiger partial charge in [-0.15, -0.1) is 0 Å². The molecule has 2 rings (SSSR count). The summed E-state index contributed by atoms with van der Waals surface area (Å²) in [5.41, 5.74) is 0.0233. The van der Waals surface area contributed by atoms with E-state index in [0.29, 0.717) is 0 Å². The summed E-state index contributed by atoms with van der Waals surface area (Å²) < 4.78 is 49.0. The number of carbonyl (C=O) groups is 1. The summed E-state index contributed by atoms with van der Waals surface area (Å²) in [6, 6.07) is 4.45. The fourth-order valence-corrected chi connectivity index (χ4v) is 2.01. The first kappa shape index (κ1) is 14.4. The third kappa shape index (κ3) is 2.03. The lowest BCUT2D eigenvalue weighted by molar-refractivity contribution is -0.326. The zero-order valence-electron chi connectivity index (χ0n) is 10.6. The fourth-order valence-electron chi connectivity index (χ4n) is 2.01. The van der Waals surface area contributed by atoms with E-state index in [1.165, 1.54) is 12.1 Å². The second-order valence-electron chi connectivity index (χ2n) is 4.32. The predicted molar refractivity (Wildman–Crippen MR) is 63.2 cm³/mol. The molecule has 0 saturated carbocycles. The molecule has 1 aromatic carbocycles. The number of benzene rings is 1. The molecule has 0 spiro atoms. The topological polar surface area (TPSA) is 55.8 Å². The standard InChI is InChI=1S/C13H11F3O4/c1-7-3-4-10-8(5-7)6-9(11(17)18)12(19-2,20-10)13(14,15)16/h3-6H,1-2H3,(H,17,18). The molecule has 1 aliphatic rings. The highest BCUT2D eigenvalue weighted by molar-refractivity contribution is 5.95. The van der Waals surface area contributed by atoms with Gasteiger partial charge in [-0.1, -0.05) is 11.6 Å². The van der Waals surface area contributed by atoms with Crippen molar-refractivity contribution < 1.29 is 32.5 Å². The molecule has 108 valence electrons. The average Bonchev–Trinajstić information content (AvgIpc) is 2.35. The summed E-state index contributed by atoms with van der Waals surface area (Å²) in [5.74, 6) is -5.14. The number of halogens is 3. The first-order chi connectivity index (χ1) is 9.21. The summed E-state index contributed by atoms with van der Waals surface area (Å²) >= 11 is 0. The van der Waals surface area contributed by atoms with E-state index in [1.807, 2.05) is 0 Å². The molecule has 0 fully saturated rings.